The van der Waals surface area contributed by atoms with Gasteiger partial charge in [-0.05, 0) is 18.2 Å². The summed E-state index contributed by atoms with van der Waals surface area (Å²) >= 11 is 3.16. The normalized spacial score (nSPS) is 10.4. The Labute approximate surface area is 146 Å². The van der Waals surface area contributed by atoms with E-state index in [1.165, 1.54) is 12.1 Å². The Bertz CT molecular complexity index is 852. The minimum absolute atomic E-state index is 0.0908. The first-order chi connectivity index (χ1) is 11.6. The summed E-state index contributed by atoms with van der Waals surface area (Å²) in [7, 11) is 0. The van der Waals surface area contributed by atoms with Crippen molar-refractivity contribution in [3.63, 3.8) is 0 Å². The number of hydrogen-bond donors (Lipinski definition) is 2. The molecule has 5 nitrogen and oxygen atoms in total. The van der Waals surface area contributed by atoms with Crippen LogP contribution in [0.25, 0.3) is 11.3 Å². The third-order valence-electron chi connectivity index (χ3n) is 3.19. The van der Waals surface area contributed by atoms with Gasteiger partial charge < -0.3 is 15.1 Å². The van der Waals surface area contributed by atoms with E-state index in [0.29, 0.717) is 16.1 Å². The highest BCUT2D eigenvalue weighted by Crippen LogP contribution is 2.20. The summed E-state index contributed by atoms with van der Waals surface area (Å²) in [4.78, 5) is 15.9. The Balaban J connectivity index is 1.58. The standard InChI is InChI=1S/C17H13BrFN3O2/c18-12-6-7-14(13(19)8-12)22-17(23)21-10-16-20-9-15(24-16)11-4-2-1-3-5-11/h1-9H,10H2,(H2,21,22,23). The molecule has 2 aromatic carbocycles. The van der Waals surface area contributed by atoms with Gasteiger partial charge in [0.05, 0.1) is 18.4 Å². The number of amides is 2. The lowest BCUT2D eigenvalue weighted by Gasteiger charge is -2.07. The van der Waals surface area contributed by atoms with E-state index in [1.54, 1.807) is 12.3 Å². The molecule has 0 fully saturated rings. The summed E-state index contributed by atoms with van der Waals surface area (Å²) < 4.78 is 19.8. The van der Waals surface area contributed by atoms with Crippen LogP contribution < -0.4 is 10.6 Å². The Morgan fingerprint density at radius 3 is 2.75 bits per heavy atom. The molecule has 2 N–H and O–H groups in total. The van der Waals surface area contributed by atoms with E-state index in [2.05, 4.69) is 31.5 Å². The van der Waals surface area contributed by atoms with Crippen LogP contribution in [-0.4, -0.2) is 11.0 Å². The van der Waals surface area contributed by atoms with E-state index in [0.717, 1.165) is 5.56 Å². The molecule has 0 bridgehead atoms. The third kappa shape index (κ3) is 3.99. The summed E-state index contributed by atoms with van der Waals surface area (Å²) in [6.45, 7) is 0.0941. The summed E-state index contributed by atoms with van der Waals surface area (Å²) in [5.41, 5.74) is 0.991. The van der Waals surface area contributed by atoms with Gasteiger partial charge in [0, 0.05) is 10.0 Å². The maximum absolute atomic E-state index is 13.7. The monoisotopic (exact) mass is 389 g/mol. The Kier molecular flexibility index (Phi) is 4.90. The van der Waals surface area contributed by atoms with Gasteiger partial charge in [-0.2, -0.15) is 0 Å². The zero-order valence-electron chi connectivity index (χ0n) is 12.4. The summed E-state index contributed by atoms with van der Waals surface area (Å²) in [6.07, 6.45) is 1.60. The Hall–Kier alpha value is -2.67. The predicted molar refractivity (Wildman–Crippen MR) is 91.9 cm³/mol. The van der Waals surface area contributed by atoms with E-state index in [9.17, 15) is 9.18 Å². The van der Waals surface area contributed by atoms with Crippen molar-refractivity contribution in [2.24, 2.45) is 0 Å². The van der Waals surface area contributed by atoms with Crippen LogP contribution in [0.4, 0.5) is 14.9 Å². The highest BCUT2D eigenvalue weighted by molar-refractivity contribution is 9.10. The molecular weight excluding hydrogens is 377 g/mol. The smallest absolute Gasteiger partial charge is 0.319 e. The lowest BCUT2D eigenvalue weighted by molar-refractivity contribution is 0.250. The van der Waals surface area contributed by atoms with Gasteiger partial charge >= 0.3 is 6.03 Å². The summed E-state index contributed by atoms with van der Waals surface area (Å²) in [6, 6.07) is 13.4. The van der Waals surface area contributed by atoms with Crippen LogP contribution in [0.5, 0.6) is 0 Å². The van der Waals surface area contributed by atoms with Gasteiger partial charge in [0.25, 0.3) is 0 Å². The number of hydrogen-bond acceptors (Lipinski definition) is 3. The first-order valence-electron chi connectivity index (χ1n) is 7.12. The molecule has 0 saturated heterocycles. The molecule has 0 saturated carbocycles. The van der Waals surface area contributed by atoms with E-state index >= 15 is 0 Å². The zero-order chi connectivity index (χ0) is 16.9. The van der Waals surface area contributed by atoms with Crippen molar-refractivity contribution in [2.45, 2.75) is 6.54 Å². The molecule has 0 aliphatic carbocycles. The number of nitrogens with zero attached hydrogens (tertiary/aromatic N) is 1. The van der Waals surface area contributed by atoms with Gasteiger partial charge in [0.2, 0.25) is 5.89 Å². The van der Waals surface area contributed by atoms with Crippen molar-refractivity contribution >= 4 is 27.6 Å². The van der Waals surface area contributed by atoms with E-state index in [1.807, 2.05) is 30.3 Å². The van der Waals surface area contributed by atoms with Crippen molar-refractivity contribution < 1.29 is 13.6 Å². The van der Waals surface area contributed by atoms with Crippen LogP contribution in [0.3, 0.4) is 0 Å². The molecule has 0 spiro atoms. The van der Waals surface area contributed by atoms with Gasteiger partial charge in [-0.25, -0.2) is 14.2 Å². The number of aromatic nitrogens is 1. The molecule has 0 radical (unpaired) electrons. The summed E-state index contributed by atoms with van der Waals surface area (Å²) in [5.74, 6) is 0.453. The fourth-order valence-electron chi connectivity index (χ4n) is 2.04. The van der Waals surface area contributed by atoms with Gasteiger partial charge in [0.1, 0.15) is 5.82 Å². The lowest BCUT2D eigenvalue weighted by atomic mass is 10.2. The minimum atomic E-state index is -0.546. The van der Waals surface area contributed by atoms with Crippen LogP contribution in [0, 0.1) is 5.82 Å². The molecule has 1 aromatic heterocycles. The Morgan fingerprint density at radius 2 is 2.00 bits per heavy atom. The van der Waals surface area contributed by atoms with Crippen LogP contribution in [0.15, 0.2) is 63.6 Å². The van der Waals surface area contributed by atoms with Crippen LogP contribution >= 0.6 is 15.9 Å². The first kappa shape index (κ1) is 16.2. The molecule has 122 valence electrons. The van der Waals surface area contributed by atoms with Gasteiger partial charge in [-0.15, -0.1) is 0 Å². The third-order valence-corrected chi connectivity index (χ3v) is 3.68. The number of halogens is 2. The first-order valence-corrected chi connectivity index (χ1v) is 7.91. The number of carbonyl (C=O) groups excluding carboxylic acids is 1. The highest BCUT2D eigenvalue weighted by atomic mass is 79.9. The Morgan fingerprint density at radius 1 is 1.21 bits per heavy atom. The van der Waals surface area contributed by atoms with E-state index < -0.39 is 11.8 Å². The zero-order valence-corrected chi connectivity index (χ0v) is 14.0. The highest BCUT2D eigenvalue weighted by Gasteiger charge is 2.10. The maximum Gasteiger partial charge on any atom is 0.319 e. The average molecular weight is 390 g/mol. The number of anilines is 1. The van der Waals surface area contributed by atoms with Crippen LogP contribution in [0.1, 0.15) is 5.89 Å². The molecule has 0 aliphatic rings. The van der Waals surface area contributed by atoms with Crippen molar-refractivity contribution in [3.8, 4) is 11.3 Å². The molecule has 3 rings (SSSR count). The fraction of sp³-hybridized carbons (Fsp3) is 0.0588. The topological polar surface area (TPSA) is 67.2 Å². The molecule has 1 heterocycles. The second-order valence-electron chi connectivity index (χ2n) is 4.92. The molecule has 3 aromatic rings. The second-order valence-corrected chi connectivity index (χ2v) is 5.83. The van der Waals surface area contributed by atoms with Crippen molar-refractivity contribution in [1.82, 2.24) is 10.3 Å². The average Bonchev–Trinajstić information content (AvgIpc) is 3.05. The number of urea groups is 1. The van der Waals surface area contributed by atoms with E-state index in [4.69, 9.17) is 4.42 Å². The SMILES string of the molecule is O=C(NCc1ncc(-c2ccccc2)o1)Nc1ccc(Br)cc1F. The predicted octanol–water partition coefficient (Wildman–Crippen LogP) is 4.56. The number of carbonyl (C=O) groups is 1. The molecule has 0 aliphatic heterocycles. The summed E-state index contributed by atoms with van der Waals surface area (Å²) in [5, 5.41) is 5.00. The molecule has 0 unspecified atom stereocenters. The van der Waals surface area contributed by atoms with Crippen molar-refractivity contribution in [1.29, 1.82) is 0 Å². The number of nitrogens with one attached hydrogen (secondary N) is 2. The van der Waals surface area contributed by atoms with Gasteiger partial charge in [-0.1, -0.05) is 46.3 Å². The molecule has 2 amide bonds. The minimum Gasteiger partial charge on any atom is -0.439 e. The second kappa shape index (κ2) is 7.27. The molecule has 0 atom stereocenters. The molecular formula is C17H13BrFN3O2. The quantitative estimate of drug-likeness (QED) is 0.686. The number of rotatable bonds is 4. The fourth-order valence-corrected chi connectivity index (χ4v) is 2.37. The van der Waals surface area contributed by atoms with Crippen LogP contribution in [-0.2, 0) is 6.54 Å². The van der Waals surface area contributed by atoms with E-state index in [-0.39, 0.29) is 12.2 Å². The maximum atomic E-state index is 13.7. The van der Waals surface area contributed by atoms with Crippen LogP contribution in [0.2, 0.25) is 0 Å². The van der Waals surface area contributed by atoms with Gasteiger partial charge in [0.15, 0.2) is 5.76 Å². The lowest BCUT2D eigenvalue weighted by Crippen LogP contribution is -2.28. The largest absolute Gasteiger partial charge is 0.439 e. The van der Waals surface area contributed by atoms with Crippen molar-refractivity contribution in [2.75, 3.05) is 5.32 Å². The molecule has 7 heteroatoms. The number of benzene rings is 2. The number of oxazole rings is 1. The molecule has 24 heavy (non-hydrogen) atoms. The van der Waals surface area contributed by atoms with Gasteiger partial charge in [-0.3, -0.25) is 0 Å². The van der Waals surface area contributed by atoms with Crippen molar-refractivity contribution in [3.05, 3.63) is 70.9 Å².